The van der Waals surface area contributed by atoms with Crippen molar-refractivity contribution in [2.45, 2.75) is 13.3 Å². The molecule has 0 aliphatic heterocycles. The molecule has 1 aromatic carbocycles. The fraction of sp³-hybridized carbons (Fsp3) is 0.333. The quantitative estimate of drug-likeness (QED) is 0.512. The summed E-state index contributed by atoms with van der Waals surface area (Å²) < 4.78 is 43.2. The summed E-state index contributed by atoms with van der Waals surface area (Å²) in [5.41, 5.74) is -0.0944. The zero-order chi connectivity index (χ0) is 14.4. The molecule has 104 valence electrons. The molecule has 0 aromatic heterocycles. The Hall–Kier alpha value is -2.05. The van der Waals surface area contributed by atoms with E-state index in [0.717, 1.165) is 12.1 Å². The first-order chi connectivity index (χ1) is 8.97. The zero-order valence-electron chi connectivity index (χ0n) is 10.1. The van der Waals surface area contributed by atoms with Crippen LogP contribution in [0.15, 0.2) is 12.1 Å². The molecule has 7 heteroatoms. The maximum atomic E-state index is 13.2. The third-order valence-corrected chi connectivity index (χ3v) is 2.26. The first-order valence-corrected chi connectivity index (χ1v) is 5.54. The molecule has 0 aliphatic carbocycles. The van der Waals surface area contributed by atoms with Gasteiger partial charge in [-0.15, -0.1) is 0 Å². The lowest BCUT2D eigenvalue weighted by atomic mass is 10.1. The number of amides is 1. The van der Waals surface area contributed by atoms with Crippen LogP contribution in [-0.4, -0.2) is 25.0 Å². The molecule has 0 spiro atoms. The van der Waals surface area contributed by atoms with Gasteiger partial charge in [0.1, 0.15) is 0 Å². The van der Waals surface area contributed by atoms with E-state index in [9.17, 15) is 22.8 Å². The lowest BCUT2D eigenvalue weighted by Crippen LogP contribution is -2.34. The summed E-state index contributed by atoms with van der Waals surface area (Å²) >= 11 is 0. The van der Waals surface area contributed by atoms with Crippen molar-refractivity contribution in [2.24, 2.45) is 0 Å². The van der Waals surface area contributed by atoms with Gasteiger partial charge >= 0.3 is 11.9 Å². The molecular weight excluding hydrogens is 263 g/mol. The van der Waals surface area contributed by atoms with E-state index in [1.54, 1.807) is 6.92 Å². The number of ether oxygens (including phenoxy) is 1. The second kappa shape index (κ2) is 6.77. The minimum absolute atomic E-state index is 0.0596. The van der Waals surface area contributed by atoms with E-state index in [4.69, 9.17) is 0 Å². The monoisotopic (exact) mass is 275 g/mol. The maximum absolute atomic E-state index is 13.2. The Labute approximate surface area is 107 Å². The van der Waals surface area contributed by atoms with Gasteiger partial charge in [0.2, 0.25) is 0 Å². The van der Waals surface area contributed by atoms with Crippen molar-refractivity contribution in [2.75, 3.05) is 13.2 Å². The lowest BCUT2D eigenvalue weighted by Gasteiger charge is -2.06. The van der Waals surface area contributed by atoms with Crippen LogP contribution >= 0.6 is 0 Å². The standard InChI is InChI=1S/C12H12F3NO3/c1-2-19-12(18)11(17)16-6-5-7-3-4-8(13)10(15)9(7)14/h3-4H,2,5-6H2,1H3,(H,16,17). The highest BCUT2D eigenvalue weighted by atomic mass is 19.2. The average Bonchev–Trinajstić information content (AvgIpc) is 2.39. The predicted molar refractivity (Wildman–Crippen MR) is 59.7 cm³/mol. The smallest absolute Gasteiger partial charge is 0.396 e. The molecule has 1 rings (SSSR count). The molecule has 0 unspecified atom stereocenters. The number of esters is 1. The molecule has 19 heavy (non-hydrogen) atoms. The SMILES string of the molecule is CCOC(=O)C(=O)NCCc1ccc(F)c(F)c1F. The van der Waals surface area contributed by atoms with Crippen LogP contribution < -0.4 is 5.32 Å². The highest BCUT2D eigenvalue weighted by Crippen LogP contribution is 2.15. The van der Waals surface area contributed by atoms with Crippen molar-refractivity contribution in [3.05, 3.63) is 35.1 Å². The average molecular weight is 275 g/mol. The number of rotatable bonds is 4. The van der Waals surface area contributed by atoms with Crippen molar-refractivity contribution in [3.8, 4) is 0 Å². The van der Waals surface area contributed by atoms with Crippen molar-refractivity contribution in [1.82, 2.24) is 5.32 Å². The van der Waals surface area contributed by atoms with Crippen molar-refractivity contribution >= 4 is 11.9 Å². The number of hydrogen-bond acceptors (Lipinski definition) is 3. The summed E-state index contributed by atoms with van der Waals surface area (Å²) in [6.45, 7) is 1.51. The Morgan fingerprint density at radius 1 is 1.21 bits per heavy atom. The summed E-state index contributed by atoms with van der Waals surface area (Å²) in [5, 5.41) is 2.18. The zero-order valence-corrected chi connectivity index (χ0v) is 10.1. The van der Waals surface area contributed by atoms with E-state index in [1.807, 2.05) is 0 Å². The molecule has 0 atom stereocenters. The van der Waals surface area contributed by atoms with Gasteiger partial charge in [-0.25, -0.2) is 18.0 Å². The minimum Gasteiger partial charge on any atom is -0.459 e. The topological polar surface area (TPSA) is 55.4 Å². The highest BCUT2D eigenvalue weighted by Gasteiger charge is 2.16. The van der Waals surface area contributed by atoms with Crippen molar-refractivity contribution < 1.29 is 27.5 Å². The van der Waals surface area contributed by atoms with E-state index in [0.29, 0.717) is 0 Å². The normalized spacial score (nSPS) is 10.1. The van der Waals surface area contributed by atoms with E-state index < -0.39 is 29.3 Å². The van der Waals surface area contributed by atoms with Gasteiger partial charge in [-0.1, -0.05) is 6.07 Å². The maximum Gasteiger partial charge on any atom is 0.396 e. The van der Waals surface area contributed by atoms with Gasteiger partial charge in [0.05, 0.1) is 6.61 Å². The summed E-state index contributed by atoms with van der Waals surface area (Å²) in [6, 6.07) is 1.87. The van der Waals surface area contributed by atoms with Crippen LogP contribution in [0.2, 0.25) is 0 Å². The Kier molecular flexibility index (Phi) is 5.35. The first kappa shape index (κ1) is 15.0. The first-order valence-electron chi connectivity index (χ1n) is 5.54. The van der Waals surface area contributed by atoms with E-state index in [-0.39, 0.29) is 25.1 Å². The Morgan fingerprint density at radius 2 is 1.89 bits per heavy atom. The second-order valence-electron chi connectivity index (χ2n) is 3.56. The Morgan fingerprint density at radius 3 is 2.53 bits per heavy atom. The van der Waals surface area contributed by atoms with E-state index >= 15 is 0 Å². The fourth-order valence-electron chi connectivity index (χ4n) is 1.34. The Bertz CT molecular complexity index is 491. The summed E-state index contributed by atoms with van der Waals surface area (Å²) in [4.78, 5) is 22.0. The van der Waals surface area contributed by atoms with Gasteiger partial charge in [0, 0.05) is 6.54 Å². The summed E-state index contributed by atoms with van der Waals surface area (Å²) in [6.07, 6.45) is -0.0752. The fourth-order valence-corrected chi connectivity index (χ4v) is 1.34. The van der Waals surface area contributed by atoms with Crippen LogP contribution in [0.3, 0.4) is 0 Å². The van der Waals surface area contributed by atoms with E-state index in [2.05, 4.69) is 10.1 Å². The third kappa shape index (κ3) is 3.97. The van der Waals surface area contributed by atoms with Crippen LogP contribution in [0, 0.1) is 17.5 Å². The molecule has 1 amide bonds. The summed E-state index contributed by atoms with van der Waals surface area (Å²) in [5.74, 6) is -6.16. The van der Waals surface area contributed by atoms with E-state index in [1.165, 1.54) is 0 Å². The number of benzene rings is 1. The molecule has 0 heterocycles. The van der Waals surface area contributed by atoms with Gasteiger partial charge in [0.25, 0.3) is 0 Å². The number of halogens is 3. The summed E-state index contributed by atoms with van der Waals surface area (Å²) in [7, 11) is 0. The third-order valence-electron chi connectivity index (χ3n) is 2.26. The lowest BCUT2D eigenvalue weighted by molar-refractivity contribution is -0.154. The number of nitrogens with one attached hydrogen (secondary N) is 1. The number of carbonyl (C=O) groups is 2. The van der Waals surface area contributed by atoms with Crippen LogP contribution in [0.4, 0.5) is 13.2 Å². The van der Waals surface area contributed by atoms with Crippen LogP contribution in [-0.2, 0) is 20.7 Å². The van der Waals surface area contributed by atoms with Gasteiger partial charge < -0.3 is 10.1 Å². The van der Waals surface area contributed by atoms with Gasteiger partial charge in [-0.2, -0.15) is 0 Å². The predicted octanol–water partition coefficient (Wildman–Crippen LogP) is 1.33. The van der Waals surface area contributed by atoms with Crippen LogP contribution in [0.5, 0.6) is 0 Å². The Balaban J connectivity index is 2.52. The van der Waals surface area contributed by atoms with Gasteiger partial charge in [0.15, 0.2) is 17.5 Å². The molecule has 0 bridgehead atoms. The highest BCUT2D eigenvalue weighted by molar-refractivity contribution is 6.32. The van der Waals surface area contributed by atoms with Crippen LogP contribution in [0.25, 0.3) is 0 Å². The molecule has 0 fully saturated rings. The molecular formula is C12H12F3NO3. The number of carbonyl (C=O) groups excluding carboxylic acids is 2. The molecule has 0 aliphatic rings. The molecule has 1 aromatic rings. The molecule has 1 N–H and O–H groups in total. The second-order valence-corrected chi connectivity index (χ2v) is 3.56. The molecule has 4 nitrogen and oxygen atoms in total. The minimum atomic E-state index is -1.56. The van der Waals surface area contributed by atoms with Crippen molar-refractivity contribution in [1.29, 1.82) is 0 Å². The van der Waals surface area contributed by atoms with Gasteiger partial charge in [-0.05, 0) is 25.0 Å². The molecule has 0 saturated carbocycles. The molecule has 0 saturated heterocycles. The van der Waals surface area contributed by atoms with Crippen LogP contribution in [0.1, 0.15) is 12.5 Å². The molecule has 0 radical (unpaired) electrons. The van der Waals surface area contributed by atoms with Crippen molar-refractivity contribution in [3.63, 3.8) is 0 Å². The van der Waals surface area contributed by atoms with Gasteiger partial charge in [-0.3, -0.25) is 4.79 Å². The number of hydrogen-bond donors (Lipinski definition) is 1. The largest absolute Gasteiger partial charge is 0.459 e.